The lowest BCUT2D eigenvalue weighted by Gasteiger charge is -2.18. The normalized spacial score (nSPS) is 11.3. The highest BCUT2D eigenvalue weighted by Gasteiger charge is 2.23. The fraction of sp³-hybridized carbons (Fsp3) is 0.211. The predicted molar refractivity (Wildman–Crippen MR) is 95.5 cm³/mol. The second kappa shape index (κ2) is 9.91. The minimum absolute atomic E-state index is 0.00669. The Labute approximate surface area is 155 Å². The third-order valence-corrected chi connectivity index (χ3v) is 3.60. The Bertz CT molecular complexity index is 798. The molecule has 8 heteroatoms. The number of carboxylic acids is 1. The molecule has 0 spiro atoms. The molecule has 0 fully saturated rings. The van der Waals surface area contributed by atoms with Gasteiger partial charge in [-0.2, -0.15) is 0 Å². The summed E-state index contributed by atoms with van der Waals surface area (Å²) in [6.07, 6.45) is -1.40. The first-order valence-corrected chi connectivity index (χ1v) is 8.20. The number of nitrogens with one attached hydrogen (secondary N) is 2. The molecule has 1 unspecified atom stereocenters. The lowest BCUT2D eigenvalue weighted by atomic mass is 10.1. The average molecular weight is 374 g/mol. The van der Waals surface area contributed by atoms with E-state index in [-0.39, 0.29) is 25.1 Å². The topological polar surface area (TPSA) is 105 Å². The summed E-state index contributed by atoms with van der Waals surface area (Å²) in [6, 6.07) is 13.3. The molecule has 0 aliphatic rings. The molecule has 0 bridgehead atoms. The van der Waals surface area contributed by atoms with Gasteiger partial charge in [-0.15, -0.1) is 0 Å². The summed E-state index contributed by atoms with van der Waals surface area (Å²) in [7, 11) is 0. The van der Waals surface area contributed by atoms with E-state index in [1.165, 1.54) is 24.3 Å². The number of ether oxygens (including phenoxy) is 1. The third-order valence-electron chi connectivity index (χ3n) is 3.60. The molecule has 0 saturated carbocycles. The SMILES string of the molecule is O=C(O)CCC(NC(=O)OCc1ccccc1)C(=O)Nc1ccccc1F. The van der Waals surface area contributed by atoms with Crippen LogP contribution in [0, 0.1) is 5.82 Å². The smallest absolute Gasteiger partial charge is 0.408 e. The van der Waals surface area contributed by atoms with E-state index in [1.807, 2.05) is 6.07 Å². The van der Waals surface area contributed by atoms with Crippen molar-refractivity contribution in [3.05, 3.63) is 66.0 Å². The quantitative estimate of drug-likeness (QED) is 0.659. The van der Waals surface area contributed by atoms with Crippen molar-refractivity contribution in [2.24, 2.45) is 0 Å². The van der Waals surface area contributed by atoms with Crippen LogP contribution in [0.5, 0.6) is 0 Å². The summed E-state index contributed by atoms with van der Waals surface area (Å²) < 4.78 is 18.7. The van der Waals surface area contributed by atoms with E-state index in [0.29, 0.717) is 0 Å². The summed E-state index contributed by atoms with van der Waals surface area (Å²) >= 11 is 0. The van der Waals surface area contributed by atoms with Crippen molar-refractivity contribution in [3.63, 3.8) is 0 Å². The zero-order valence-corrected chi connectivity index (χ0v) is 14.4. The third kappa shape index (κ3) is 6.77. The Hall–Kier alpha value is -3.42. The summed E-state index contributed by atoms with van der Waals surface area (Å²) in [5.41, 5.74) is 0.688. The van der Waals surface area contributed by atoms with Crippen LogP contribution < -0.4 is 10.6 Å². The number of carbonyl (C=O) groups excluding carboxylic acids is 2. The highest BCUT2D eigenvalue weighted by molar-refractivity contribution is 5.96. The zero-order chi connectivity index (χ0) is 19.6. The van der Waals surface area contributed by atoms with E-state index >= 15 is 0 Å². The number of hydrogen-bond acceptors (Lipinski definition) is 4. The van der Waals surface area contributed by atoms with Gasteiger partial charge in [-0.3, -0.25) is 9.59 Å². The van der Waals surface area contributed by atoms with Gasteiger partial charge in [-0.05, 0) is 24.1 Å². The van der Waals surface area contributed by atoms with E-state index < -0.39 is 29.8 Å². The van der Waals surface area contributed by atoms with Crippen LogP contribution in [0.1, 0.15) is 18.4 Å². The van der Waals surface area contributed by atoms with Gasteiger partial charge in [0.1, 0.15) is 18.5 Å². The number of hydrogen-bond donors (Lipinski definition) is 3. The molecule has 0 saturated heterocycles. The highest BCUT2D eigenvalue weighted by Crippen LogP contribution is 2.13. The van der Waals surface area contributed by atoms with Crippen molar-refractivity contribution >= 4 is 23.7 Å². The lowest BCUT2D eigenvalue weighted by Crippen LogP contribution is -2.44. The number of aliphatic carboxylic acids is 1. The van der Waals surface area contributed by atoms with Gasteiger partial charge in [0.25, 0.3) is 0 Å². The number of alkyl carbamates (subject to hydrolysis) is 1. The number of carboxylic acid groups (broad SMARTS) is 1. The second-order valence-corrected chi connectivity index (χ2v) is 5.66. The number of anilines is 1. The molecule has 0 aliphatic heterocycles. The van der Waals surface area contributed by atoms with Crippen molar-refractivity contribution < 1.29 is 28.6 Å². The molecular formula is C19H19FN2O5. The maximum absolute atomic E-state index is 13.7. The van der Waals surface area contributed by atoms with E-state index in [9.17, 15) is 18.8 Å². The van der Waals surface area contributed by atoms with Crippen molar-refractivity contribution in [1.29, 1.82) is 0 Å². The molecule has 0 heterocycles. The molecule has 2 rings (SSSR count). The van der Waals surface area contributed by atoms with Gasteiger partial charge in [0.05, 0.1) is 5.69 Å². The Morgan fingerprint density at radius 1 is 1.04 bits per heavy atom. The molecular weight excluding hydrogens is 355 g/mol. The number of amides is 2. The van der Waals surface area contributed by atoms with Crippen LogP contribution in [0.25, 0.3) is 0 Å². The molecule has 142 valence electrons. The van der Waals surface area contributed by atoms with E-state index in [1.54, 1.807) is 24.3 Å². The summed E-state index contributed by atoms with van der Waals surface area (Å²) in [5.74, 6) is -2.51. The second-order valence-electron chi connectivity index (χ2n) is 5.66. The Morgan fingerprint density at radius 3 is 2.37 bits per heavy atom. The van der Waals surface area contributed by atoms with Gasteiger partial charge in [-0.25, -0.2) is 9.18 Å². The average Bonchev–Trinajstić information content (AvgIpc) is 2.66. The van der Waals surface area contributed by atoms with Crippen LogP contribution in [-0.4, -0.2) is 29.1 Å². The summed E-state index contributed by atoms with van der Waals surface area (Å²) in [6.45, 7) is -0.00669. The molecule has 0 aromatic heterocycles. The predicted octanol–water partition coefficient (Wildman–Crippen LogP) is 2.92. The molecule has 7 nitrogen and oxygen atoms in total. The number of halogens is 1. The van der Waals surface area contributed by atoms with Crippen molar-refractivity contribution in [3.8, 4) is 0 Å². The fourth-order valence-corrected chi connectivity index (χ4v) is 2.23. The number of carbonyl (C=O) groups is 3. The van der Waals surface area contributed by atoms with Crippen molar-refractivity contribution in [2.75, 3.05) is 5.32 Å². The van der Waals surface area contributed by atoms with Gasteiger partial charge in [-0.1, -0.05) is 42.5 Å². The number of benzene rings is 2. The van der Waals surface area contributed by atoms with Gasteiger partial charge < -0.3 is 20.5 Å². The fourth-order valence-electron chi connectivity index (χ4n) is 2.23. The Kier molecular flexibility index (Phi) is 7.30. The molecule has 3 N–H and O–H groups in total. The van der Waals surface area contributed by atoms with Gasteiger partial charge in [0, 0.05) is 6.42 Å². The number of rotatable bonds is 8. The first-order valence-electron chi connectivity index (χ1n) is 8.20. The van der Waals surface area contributed by atoms with Crippen LogP contribution in [0.3, 0.4) is 0 Å². The van der Waals surface area contributed by atoms with E-state index in [0.717, 1.165) is 5.56 Å². The summed E-state index contributed by atoms with van der Waals surface area (Å²) in [4.78, 5) is 35.1. The van der Waals surface area contributed by atoms with E-state index in [4.69, 9.17) is 9.84 Å². The van der Waals surface area contributed by atoms with Gasteiger partial charge in [0.15, 0.2) is 0 Å². The van der Waals surface area contributed by atoms with Gasteiger partial charge in [0.2, 0.25) is 5.91 Å². The zero-order valence-electron chi connectivity index (χ0n) is 14.4. The first-order chi connectivity index (χ1) is 13.0. The maximum atomic E-state index is 13.7. The van der Waals surface area contributed by atoms with E-state index in [2.05, 4.69) is 10.6 Å². The highest BCUT2D eigenvalue weighted by atomic mass is 19.1. The minimum atomic E-state index is -1.19. The Balaban J connectivity index is 1.97. The van der Waals surface area contributed by atoms with Crippen LogP contribution >= 0.6 is 0 Å². The Morgan fingerprint density at radius 2 is 1.70 bits per heavy atom. The number of para-hydroxylation sites is 1. The standard InChI is InChI=1S/C19H19FN2O5/c20-14-8-4-5-9-15(14)21-18(25)16(10-11-17(23)24)22-19(26)27-12-13-6-2-1-3-7-13/h1-9,16H,10-12H2,(H,21,25)(H,22,26)(H,23,24). The minimum Gasteiger partial charge on any atom is -0.481 e. The maximum Gasteiger partial charge on any atom is 0.408 e. The molecule has 0 radical (unpaired) electrons. The van der Waals surface area contributed by atoms with Crippen LogP contribution in [-0.2, 0) is 20.9 Å². The summed E-state index contributed by atoms with van der Waals surface area (Å²) in [5, 5.41) is 13.5. The van der Waals surface area contributed by atoms with Crippen LogP contribution in [0.15, 0.2) is 54.6 Å². The van der Waals surface area contributed by atoms with Crippen LogP contribution in [0.4, 0.5) is 14.9 Å². The van der Waals surface area contributed by atoms with Crippen molar-refractivity contribution in [2.45, 2.75) is 25.5 Å². The molecule has 2 amide bonds. The lowest BCUT2D eigenvalue weighted by molar-refractivity contribution is -0.137. The molecule has 0 aliphatic carbocycles. The monoisotopic (exact) mass is 374 g/mol. The largest absolute Gasteiger partial charge is 0.481 e. The molecule has 27 heavy (non-hydrogen) atoms. The van der Waals surface area contributed by atoms with Crippen LogP contribution in [0.2, 0.25) is 0 Å². The molecule has 2 aromatic rings. The first kappa shape index (κ1) is 19.9. The van der Waals surface area contributed by atoms with Crippen molar-refractivity contribution in [1.82, 2.24) is 5.32 Å². The molecule has 1 atom stereocenters. The van der Waals surface area contributed by atoms with Gasteiger partial charge >= 0.3 is 12.1 Å². The molecule has 2 aromatic carbocycles.